The zero-order valence-corrected chi connectivity index (χ0v) is 10.7. The second kappa shape index (κ2) is 4.82. The molecular weight excluding hydrogens is 238 g/mol. The van der Waals surface area contributed by atoms with Crippen LogP contribution in [0.3, 0.4) is 0 Å². The summed E-state index contributed by atoms with van der Waals surface area (Å²) < 4.78 is 1.81. The Morgan fingerprint density at radius 1 is 1.16 bits per heavy atom. The molecular formula is C15H15N3O. The number of hydrogen-bond donors (Lipinski definition) is 1. The van der Waals surface area contributed by atoms with Crippen LogP contribution in [-0.4, -0.2) is 19.9 Å². The molecule has 1 aromatic carbocycles. The van der Waals surface area contributed by atoms with Gasteiger partial charge in [-0.2, -0.15) is 5.10 Å². The van der Waals surface area contributed by atoms with Crippen LogP contribution in [0.15, 0.2) is 48.8 Å². The average molecular weight is 253 g/mol. The van der Waals surface area contributed by atoms with Crippen LogP contribution in [0.4, 0.5) is 0 Å². The Morgan fingerprint density at radius 2 is 2.00 bits per heavy atom. The van der Waals surface area contributed by atoms with Gasteiger partial charge in [-0.3, -0.25) is 9.67 Å². The molecule has 0 aliphatic carbocycles. The van der Waals surface area contributed by atoms with Gasteiger partial charge in [0.2, 0.25) is 0 Å². The van der Waals surface area contributed by atoms with Crippen molar-refractivity contribution in [3.05, 3.63) is 60.0 Å². The lowest BCUT2D eigenvalue weighted by molar-refractivity contribution is 0.209. The van der Waals surface area contributed by atoms with Crippen LogP contribution in [0.5, 0.6) is 0 Å². The molecule has 0 bridgehead atoms. The highest BCUT2D eigenvalue weighted by molar-refractivity contribution is 5.82. The highest BCUT2D eigenvalue weighted by Crippen LogP contribution is 2.27. The molecule has 0 radical (unpaired) electrons. The summed E-state index contributed by atoms with van der Waals surface area (Å²) in [5, 5.41) is 15.8. The number of aryl methyl sites for hydroxylation is 1. The van der Waals surface area contributed by atoms with Gasteiger partial charge < -0.3 is 5.11 Å². The van der Waals surface area contributed by atoms with Crippen molar-refractivity contribution in [2.24, 2.45) is 0 Å². The lowest BCUT2D eigenvalue weighted by atomic mass is 10.0. The monoisotopic (exact) mass is 253 g/mol. The first-order chi connectivity index (χ1) is 9.31. The second-order valence-corrected chi connectivity index (χ2v) is 4.39. The maximum Gasteiger partial charge on any atom is 0.121 e. The van der Waals surface area contributed by atoms with Crippen molar-refractivity contribution in [3.63, 3.8) is 0 Å². The average Bonchev–Trinajstić information content (AvgIpc) is 2.94. The van der Waals surface area contributed by atoms with E-state index in [1.54, 1.807) is 17.1 Å². The van der Waals surface area contributed by atoms with E-state index in [2.05, 4.69) is 10.1 Å². The number of pyridine rings is 1. The number of para-hydroxylation sites is 1. The molecule has 0 aliphatic heterocycles. The quantitative estimate of drug-likeness (QED) is 0.780. The molecule has 0 aliphatic rings. The van der Waals surface area contributed by atoms with Crippen molar-refractivity contribution < 1.29 is 5.11 Å². The molecule has 0 amide bonds. The Kier molecular flexibility index (Phi) is 3.01. The van der Waals surface area contributed by atoms with E-state index in [0.29, 0.717) is 0 Å². The highest BCUT2D eigenvalue weighted by Gasteiger charge is 2.17. The van der Waals surface area contributed by atoms with Crippen molar-refractivity contribution in [2.45, 2.75) is 19.6 Å². The Balaban J connectivity index is 2.14. The van der Waals surface area contributed by atoms with Gasteiger partial charge in [-0.25, -0.2) is 0 Å². The van der Waals surface area contributed by atoms with Gasteiger partial charge in [0.25, 0.3) is 0 Å². The van der Waals surface area contributed by atoms with Crippen LogP contribution >= 0.6 is 0 Å². The summed E-state index contributed by atoms with van der Waals surface area (Å²) in [6.07, 6.45) is 2.76. The first-order valence-corrected chi connectivity index (χ1v) is 6.34. The Hall–Kier alpha value is -2.20. The fraction of sp³-hybridized carbons (Fsp3) is 0.200. The molecule has 19 heavy (non-hydrogen) atoms. The van der Waals surface area contributed by atoms with E-state index in [4.69, 9.17) is 0 Å². The van der Waals surface area contributed by atoms with Crippen molar-refractivity contribution in [1.29, 1.82) is 0 Å². The van der Waals surface area contributed by atoms with E-state index >= 15 is 0 Å². The zero-order chi connectivity index (χ0) is 13.2. The second-order valence-electron chi connectivity index (χ2n) is 4.39. The van der Waals surface area contributed by atoms with Gasteiger partial charge in [-0.1, -0.05) is 18.2 Å². The maximum absolute atomic E-state index is 10.6. The summed E-state index contributed by atoms with van der Waals surface area (Å²) in [5.41, 5.74) is 2.56. The van der Waals surface area contributed by atoms with Crippen molar-refractivity contribution in [1.82, 2.24) is 14.8 Å². The van der Waals surface area contributed by atoms with Crippen LogP contribution in [-0.2, 0) is 6.54 Å². The molecule has 0 saturated carbocycles. The van der Waals surface area contributed by atoms with E-state index in [1.165, 1.54) is 0 Å². The summed E-state index contributed by atoms with van der Waals surface area (Å²) in [4.78, 5) is 4.31. The highest BCUT2D eigenvalue weighted by atomic mass is 16.3. The molecule has 96 valence electrons. The summed E-state index contributed by atoms with van der Waals surface area (Å²) in [6.45, 7) is 2.75. The van der Waals surface area contributed by atoms with E-state index in [1.807, 2.05) is 43.3 Å². The third-order valence-electron chi connectivity index (χ3n) is 3.31. The fourth-order valence-electron chi connectivity index (χ4n) is 2.36. The number of aliphatic hydroxyl groups excluding tert-OH is 1. The standard InChI is InChI=1S/C15H15N3O/c1-2-18-14(8-10-17-18)15(19)12-7-9-16-13-6-4-3-5-11(12)13/h3-10,15,19H,2H2,1H3. The predicted octanol–water partition coefficient (Wildman–Crippen LogP) is 2.53. The lowest BCUT2D eigenvalue weighted by Crippen LogP contribution is -2.09. The van der Waals surface area contributed by atoms with Gasteiger partial charge in [-0.15, -0.1) is 0 Å². The summed E-state index contributed by atoms with van der Waals surface area (Å²) >= 11 is 0. The predicted molar refractivity (Wildman–Crippen MR) is 73.7 cm³/mol. The molecule has 0 fully saturated rings. The molecule has 2 aromatic heterocycles. The van der Waals surface area contributed by atoms with E-state index in [0.717, 1.165) is 28.7 Å². The number of aromatic nitrogens is 3. The molecule has 1 atom stereocenters. The van der Waals surface area contributed by atoms with Crippen LogP contribution in [0.2, 0.25) is 0 Å². The SMILES string of the molecule is CCn1nccc1C(O)c1ccnc2ccccc12. The van der Waals surface area contributed by atoms with Crippen LogP contribution in [0, 0.1) is 0 Å². The van der Waals surface area contributed by atoms with Crippen molar-refractivity contribution in [3.8, 4) is 0 Å². The van der Waals surface area contributed by atoms with Crippen molar-refractivity contribution in [2.75, 3.05) is 0 Å². The summed E-state index contributed by atoms with van der Waals surface area (Å²) in [5.74, 6) is 0. The lowest BCUT2D eigenvalue weighted by Gasteiger charge is -2.14. The summed E-state index contributed by atoms with van der Waals surface area (Å²) in [6, 6.07) is 11.5. The van der Waals surface area contributed by atoms with Crippen molar-refractivity contribution >= 4 is 10.9 Å². The number of aliphatic hydroxyl groups is 1. The maximum atomic E-state index is 10.6. The van der Waals surface area contributed by atoms with Gasteiger partial charge in [0.05, 0.1) is 11.2 Å². The van der Waals surface area contributed by atoms with Gasteiger partial charge >= 0.3 is 0 Å². The molecule has 0 saturated heterocycles. The largest absolute Gasteiger partial charge is 0.382 e. The Labute approximate surface area is 111 Å². The molecule has 1 N–H and O–H groups in total. The first-order valence-electron chi connectivity index (χ1n) is 6.34. The number of fused-ring (bicyclic) bond motifs is 1. The third kappa shape index (κ3) is 2.00. The van der Waals surface area contributed by atoms with E-state index in [-0.39, 0.29) is 0 Å². The van der Waals surface area contributed by atoms with E-state index in [9.17, 15) is 5.11 Å². The van der Waals surface area contributed by atoms with Gasteiger partial charge in [0.1, 0.15) is 6.10 Å². The van der Waals surface area contributed by atoms with Gasteiger partial charge in [-0.05, 0) is 30.7 Å². The number of hydrogen-bond acceptors (Lipinski definition) is 3. The van der Waals surface area contributed by atoms with E-state index < -0.39 is 6.10 Å². The topological polar surface area (TPSA) is 50.9 Å². The Bertz CT molecular complexity index is 700. The Morgan fingerprint density at radius 3 is 2.84 bits per heavy atom. The minimum Gasteiger partial charge on any atom is -0.382 e. The number of benzene rings is 1. The fourth-order valence-corrected chi connectivity index (χ4v) is 2.36. The van der Waals surface area contributed by atoms with Crippen LogP contribution in [0.25, 0.3) is 10.9 Å². The molecule has 0 spiro atoms. The summed E-state index contributed by atoms with van der Waals surface area (Å²) in [7, 11) is 0. The zero-order valence-electron chi connectivity index (χ0n) is 10.7. The minimum atomic E-state index is -0.685. The minimum absolute atomic E-state index is 0.685. The molecule has 4 heteroatoms. The van der Waals surface area contributed by atoms with Gasteiger partial charge in [0, 0.05) is 24.3 Å². The third-order valence-corrected chi connectivity index (χ3v) is 3.31. The molecule has 3 rings (SSSR count). The number of rotatable bonds is 3. The molecule has 2 heterocycles. The molecule has 1 unspecified atom stereocenters. The molecule has 4 nitrogen and oxygen atoms in total. The van der Waals surface area contributed by atoms with Gasteiger partial charge in [0.15, 0.2) is 0 Å². The smallest absolute Gasteiger partial charge is 0.121 e. The molecule has 3 aromatic rings. The number of nitrogens with zero attached hydrogens (tertiary/aromatic N) is 3. The van der Waals surface area contributed by atoms with Crippen LogP contribution < -0.4 is 0 Å². The normalized spacial score (nSPS) is 12.7. The first kappa shape index (κ1) is 11.9. The van der Waals surface area contributed by atoms with Crippen LogP contribution in [0.1, 0.15) is 24.3 Å².